The number of amides is 2. The van der Waals surface area contributed by atoms with Gasteiger partial charge in [-0.3, -0.25) is 9.59 Å². The summed E-state index contributed by atoms with van der Waals surface area (Å²) in [7, 11) is 0. The quantitative estimate of drug-likeness (QED) is 0.447. The maximum atomic E-state index is 14.2. The minimum absolute atomic E-state index is 0.00462. The largest absolute Gasteiger partial charge is 0.467 e. The van der Waals surface area contributed by atoms with Crippen molar-refractivity contribution in [2.45, 2.75) is 19.6 Å². The number of ether oxygens (including phenoxy) is 2. The molecule has 0 aromatic heterocycles. The van der Waals surface area contributed by atoms with Gasteiger partial charge in [-0.25, -0.2) is 4.39 Å². The van der Waals surface area contributed by atoms with Crippen LogP contribution in [0.5, 0.6) is 5.75 Å². The molecule has 8 nitrogen and oxygen atoms in total. The van der Waals surface area contributed by atoms with Crippen molar-refractivity contribution >= 4 is 28.9 Å². The van der Waals surface area contributed by atoms with Crippen LogP contribution in [0.1, 0.15) is 22.3 Å². The Balaban J connectivity index is 1.41. The standard InChI is InChI=1S/C25H20FN3O5/c26-18-9-16(24-17(10-18)13-33-14-34-24)12-29-21-7-6-19(11-20(21)23(28-32)25(29)31)27-22(30)8-15-4-2-1-3-5-15/h1-7,9-11,32H,8,12-14H2,(H,27,30)/b28-23-. The zero-order chi connectivity index (χ0) is 23.7. The lowest BCUT2D eigenvalue weighted by atomic mass is 10.1. The SMILES string of the molecule is O=C(Cc1ccccc1)Nc1ccc2c(c1)/C(=N/O)C(=O)N2Cc1cc(F)cc2c1OCOC2. The van der Waals surface area contributed by atoms with Gasteiger partial charge in [0.05, 0.1) is 25.3 Å². The summed E-state index contributed by atoms with van der Waals surface area (Å²) in [5.41, 5.74) is 3.02. The zero-order valence-electron chi connectivity index (χ0n) is 18.0. The Morgan fingerprint density at radius 1 is 1.15 bits per heavy atom. The van der Waals surface area contributed by atoms with Crippen LogP contribution in [0.3, 0.4) is 0 Å². The van der Waals surface area contributed by atoms with E-state index in [-0.39, 0.29) is 38.0 Å². The number of rotatable bonds is 5. The van der Waals surface area contributed by atoms with Crippen LogP contribution < -0.4 is 15.0 Å². The number of carbonyl (C=O) groups excluding carboxylic acids is 2. The van der Waals surface area contributed by atoms with E-state index in [0.717, 1.165) is 5.56 Å². The highest BCUT2D eigenvalue weighted by Crippen LogP contribution is 2.36. The Morgan fingerprint density at radius 2 is 1.97 bits per heavy atom. The van der Waals surface area contributed by atoms with Crippen LogP contribution >= 0.6 is 0 Å². The van der Waals surface area contributed by atoms with Gasteiger partial charge in [0, 0.05) is 22.4 Å². The van der Waals surface area contributed by atoms with E-state index >= 15 is 0 Å². The van der Waals surface area contributed by atoms with Crippen LogP contribution in [0.15, 0.2) is 65.8 Å². The van der Waals surface area contributed by atoms with Gasteiger partial charge in [0.2, 0.25) is 5.91 Å². The average Bonchev–Trinajstić information content (AvgIpc) is 3.09. The molecule has 2 aliphatic rings. The lowest BCUT2D eigenvalue weighted by Gasteiger charge is -2.24. The first-order valence-corrected chi connectivity index (χ1v) is 10.6. The van der Waals surface area contributed by atoms with Crippen molar-refractivity contribution in [1.82, 2.24) is 0 Å². The molecule has 0 fully saturated rings. The van der Waals surface area contributed by atoms with Crippen LogP contribution in [0, 0.1) is 5.82 Å². The van der Waals surface area contributed by atoms with E-state index in [1.807, 2.05) is 30.3 Å². The lowest BCUT2D eigenvalue weighted by molar-refractivity contribution is -0.115. The first kappa shape index (κ1) is 21.6. The average molecular weight is 461 g/mol. The fourth-order valence-corrected chi connectivity index (χ4v) is 4.18. The summed E-state index contributed by atoms with van der Waals surface area (Å²) in [5, 5.41) is 15.5. The number of nitrogens with zero attached hydrogens (tertiary/aromatic N) is 2. The molecule has 2 N–H and O–H groups in total. The Hall–Kier alpha value is -4.24. The van der Waals surface area contributed by atoms with E-state index in [9.17, 15) is 19.2 Å². The van der Waals surface area contributed by atoms with Gasteiger partial charge in [0.1, 0.15) is 11.6 Å². The molecule has 3 aromatic rings. The van der Waals surface area contributed by atoms with Crippen molar-refractivity contribution in [1.29, 1.82) is 0 Å². The van der Waals surface area contributed by atoms with Gasteiger partial charge in [-0.15, -0.1) is 0 Å². The van der Waals surface area contributed by atoms with Crippen molar-refractivity contribution in [2.75, 3.05) is 17.0 Å². The highest BCUT2D eigenvalue weighted by molar-refractivity contribution is 6.54. The summed E-state index contributed by atoms with van der Waals surface area (Å²) in [4.78, 5) is 26.8. The second kappa shape index (κ2) is 8.95. The predicted octanol–water partition coefficient (Wildman–Crippen LogP) is 3.60. The fourth-order valence-electron chi connectivity index (χ4n) is 4.18. The molecule has 172 valence electrons. The maximum absolute atomic E-state index is 14.2. The minimum atomic E-state index is -0.546. The van der Waals surface area contributed by atoms with Crippen molar-refractivity contribution in [2.24, 2.45) is 5.16 Å². The third-order valence-electron chi connectivity index (χ3n) is 5.66. The van der Waals surface area contributed by atoms with Gasteiger partial charge in [0.25, 0.3) is 5.91 Å². The number of halogens is 1. The minimum Gasteiger partial charge on any atom is -0.467 e. The first-order chi connectivity index (χ1) is 16.5. The van der Waals surface area contributed by atoms with E-state index in [0.29, 0.717) is 33.8 Å². The zero-order valence-corrected chi connectivity index (χ0v) is 18.0. The van der Waals surface area contributed by atoms with E-state index in [1.165, 1.54) is 17.0 Å². The highest BCUT2D eigenvalue weighted by Gasteiger charge is 2.36. The van der Waals surface area contributed by atoms with Crippen molar-refractivity contribution in [3.8, 4) is 5.75 Å². The van der Waals surface area contributed by atoms with Crippen LogP contribution in [-0.2, 0) is 33.9 Å². The van der Waals surface area contributed by atoms with Gasteiger partial charge in [-0.2, -0.15) is 0 Å². The van der Waals surface area contributed by atoms with E-state index in [1.54, 1.807) is 18.2 Å². The maximum Gasteiger partial charge on any atom is 0.281 e. The predicted molar refractivity (Wildman–Crippen MR) is 121 cm³/mol. The van der Waals surface area contributed by atoms with Gasteiger partial charge >= 0.3 is 0 Å². The van der Waals surface area contributed by atoms with Crippen molar-refractivity contribution < 1.29 is 28.7 Å². The number of carbonyl (C=O) groups is 2. The monoisotopic (exact) mass is 461 g/mol. The molecule has 0 saturated carbocycles. The first-order valence-electron chi connectivity index (χ1n) is 10.6. The summed E-state index contributed by atoms with van der Waals surface area (Å²) >= 11 is 0. The third kappa shape index (κ3) is 4.08. The Bertz CT molecular complexity index is 1310. The summed E-state index contributed by atoms with van der Waals surface area (Å²) in [5.74, 6) is -0.765. The fraction of sp³-hybridized carbons (Fsp3) is 0.160. The number of benzene rings is 3. The number of nitrogens with one attached hydrogen (secondary N) is 1. The molecule has 0 saturated heterocycles. The number of hydrogen-bond donors (Lipinski definition) is 2. The number of anilines is 2. The highest BCUT2D eigenvalue weighted by atomic mass is 19.1. The molecular formula is C25H20FN3O5. The van der Waals surface area contributed by atoms with Crippen LogP contribution in [-0.4, -0.2) is 29.5 Å². The molecular weight excluding hydrogens is 441 g/mol. The normalized spacial score (nSPS) is 15.6. The molecule has 0 spiro atoms. The smallest absolute Gasteiger partial charge is 0.281 e. The summed E-state index contributed by atoms with van der Waals surface area (Å²) in [6.45, 7) is 0.246. The Labute approximate surface area is 194 Å². The molecule has 0 aliphatic carbocycles. The van der Waals surface area contributed by atoms with Gasteiger partial charge in [0.15, 0.2) is 12.5 Å². The molecule has 0 bridgehead atoms. The van der Waals surface area contributed by atoms with E-state index < -0.39 is 11.7 Å². The van der Waals surface area contributed by atoms with E-state index in [4.69, 9.17) is 9.47 Å². The molecule has 3 aromatic carbocycles. The number of fused-ring (bicyclic) bond motifs is 2. The van der Waals surface area contributed by atoms with Gasteiger partial charge in [-0.1, -0.05) is 35.5 Å². The Morgan fingerprint density at radius 3 is 2.76 bits per heavy atom. The number of oxime groups is 1. The van der Waals surface area contributed by atoms with Crippen LogP contribution in [0.4, 0.5) is 15.8 Å². The molecule has 0 radical (unpaired) electrons. The molecule has 9 heteroatoms. The number of hydrogen-bond acceptors (Lipinski definition) is 6. The molecule has 34 heavy (non-hydrogen) atoms. The van der Waals surface area contributed by atoms with Gasteiger partial charge in [-0.05, 0) is 35.9 Å². The van der Waals surface area contributed by atoms with Crippen LogP contribution in [0.25, 0.3) is 0 Å². The summed E-state index contributed by atoms with van der Waals surface area (Å²) < 4.78 is 24.9. The van der Waals surface area contributed by atoms with Crippen LogP contribution in [0.2, 0.25) is 0 Å². The van der Waals surface area contributed by atoms with Gasteiger partial charge < -0.3 is 24.9 Å². The summed E-state index contributed by atoms with van der Waals surface area (Å²) in [6, 6.07) is 16.8. The lowest BCUT2D eigenvalue weighted by Crippen LogP contribution is -2.30. The molecule has 0 atom stereocenters. The second-order valence-electron chi connectivity index (χ2n) is 7.95. The summed E-state index contributed by atoms with van der Waals surface area (Å²) in [6.07, 6.45) is 0.193. The molecule has 2 aliphatic heterocycles. The molecule has 2 amide bonds. The Kier molecular flexibility index (Phi) is 5.69. The molecule has 5 rings (SSSR count). The van der Waals surface area contributed by atoms with E-state index in [2.05, 4.69) is 10.5 Å². The molecule has 0 unspecified atom stereocenters. The molecule has 2 heterocycles. The third-order valence-corrected chi connectivity index (χ3v) is 5.66. The van der Waals surface area contributed by atoms with Crippen molar-refractivity contribution in [3.63, 3.8) is 0 Å². The van der Waals surface area contributed by atoms with Crippen molar-refractivity contribution in [3.05, 3.63) is 88.7 Å². The topological polar surface area (TPSA) is 100 Å². The second-order valence-corrected chi connectivity index (χ2v) is 7.95.